The minimum atomic E-state index is -1.02. The monoisotopic (exact) mass is 188 g/mol. The van der Waals surface area contributed by atoms with E-state index < -0.39 is 5.97 Å². The lowest BCUT2D eigenvalue weighted by Gasteiger charge is -1.95. The second-order valence-corrected chi connectivity index (χ2v) is 2.06. The van der Waals surface area contributed by atoms with Gasteiger partial charge in [-0.2, -0.15) is 0 Å². The van der Waals surface area contributed by atoms with Crippen molar-refractivity contribution in [3.63, 3.8) is 0 Å². The molecule has 4 nitrogen and oxygen atoms in total. The molecule has 1 rings (SSSR count). The number of carboxylic acid groups (broad SMARTS) is 1. The summed E-state index contributed by atoms with van der Waals surface area (Å²) in [5, 5.41) is 8.45. The summed E-state index contributed by atoms with van der Waals surface area (Å²) in [4.78, 5) is 14.0. The second kappa shape index (κ2) is 4.69. The van der Waals surface area contributed by atoms with Crippen LogP contribution in [0.2, 0.25) is 0 Å². The molecular formula is C7H9ClN2O2. The van der Waals surface area contributed by atoms with Crippen LogP contribution in [0.3, 0.4) is 0 Å². The number of aromatic carboxylic acids is 1. The summed E-state index contributed by atoms with van der Waals surface area (Å²) in [6.07, 6.45) is 1.46. The van der Waals surface area contributed by atoms with Gasteiger partial charge in [-0.3, -0.25) is 0 Å². The molecule has 1 heterocycles. The summed E-state index contributed by atoms with van der Waals surface area (Å²) in [7, 11) is 0. The predicted molar refractivity (Wildman–Crippen MR) is 46.3 cm³/mol. The zero-order chi connectivity index (χ0) is 8.27. The maximum atomic E-state index is 10.3. The molecule has 1 aromatic heterocycles. The molecule has 0 aliphatic heterocycles. The van der Waals surface area contributed by atoms with Gasteiger partial charge in [-0.15, -0.1) is 12.4 Å². The van der Waals surface area contributed by atoms with Crippen molar-refractivity contribution in [1.29, 1.82) is 0 Å². The number of nitrogens with zero attached hydrogens (tertiary/aromatic N) is 1. The van der Waals surface area contributed by atoms with Crippen LogP contribution in [0.15, 0.2) is 18.3 Å². The quantitative estimate of drug-likeness (QED) is 0.715. The molecule has 0 unspecified atom stereocenters. The Labute approximate surface area is 75.8 Å². The van der Waals surface area contributed by atoms with Gasteiger partial charge < -0.3 is 10.8 Å². The van der Waals surface area contributed by atoms with Crippen LogP contribution in [-0.4, -0.2) is 16.1 Å². The number of hydrogen-bond donors (Lipinski definition) is 2. The van der Waals surface area contributed by atoms with Crippen molar-refractivity contribution >= 4 is 18.4 Å². The molecule has 0 spiro atoms. The Hall–Kier alpha value is -1.13. The minimum absolute atomic E-state index is 0. The van der Waals surface area contributed by atoms with Crippen LogP contribution in [0.4, 0.5) is 0 Å². The summed E-state index contributed by atoms with van der Waals surface area (Å²) >= 11 is 0. The van der Waals surface area contributed by atoms with Crippen LogP contribution in [0.25, 0.3) is 0 Å². The largest absolute Gasteiger partial charge is 0.477 e. The van der Waals surface area contributed by atoms with Crippen molar-refractivity contribution in [2.24, 2.45) is 5.73 Å². The SMILES string of the molecule is Cl.NCc1ccc(C(=O)O)nc1. The van der Waals surface area contributed by atoms with Crippen molar-refractivity contribution in [1.82, 2.24) is 4.98 Å². The van der Waals surface area contributed by atoms with Gasteiger partial charge in [0.25, 0.3) is 0 Å². The maximum Gasteiger partial charge on any atom is 0.354 e. The van der Waals surface area contributed by atoms with Gasteiger partial charge in [-0.1, -0.05) is 6.07 Å². The molecule has 1 aromatic rings. The van der Waals surface area contributed by atoms with Crippen LogP contribution in [0.5, 0.6) is 0 Å². The molecule has 5 heteroatoms. The van der Waals surface area contributed by atoms with Crippen molar-refractivity contribution in [3.05, 3.63) is 29.6 Å². The number of halogens is 1. The van der Waals surface area contributed by atoms with Crippen molar-refractivity contribution in [3.8, 4) is 0 Å². The molecule has 0 fully saturated rings. The number of aromatic nitrogens is 1. The van der Waals surface area contributed by atoms with E-state index in [4.69, 9.17) is 10.8 Å². The third-order valence-electron chi connectivity index (χ3n) is 1.28. The summed E-state index contributed by atoms with van der Waals surface area (Å²) < 4.78 is 0. The van der Waals surface area contributed by atoms with Gasteiger partial charge in [0.05, 0.1) is 0 Å². The zero-order valence-corrected chi connectivity index (χ0v) is 7.04. The van der Waals surface area contributed by atoms with E-state index in [9.17, 15) is 4.79 Å². The lowest BCUT2D eigenvalue weighted by atomic mass is 10.2. The lowest BCUT2D eigenvalue weighted by Crippen LogP contribution is -2.02. The lowest BCUT2D eigenvalue weighted by molar-refractivity contribution is 0.0690. The maximum absolute atomic E-state index is 10.3. The van der Waals surface area contributed by atoms with Gasteiger partial charge in [-0.25, -0.2) is 9.78 Å². The highest BCUT2D eigenvalue weighted by atomic mass is 35.5. The molecule has 0 amide bonds. The summed E-state index contributed by atoms with van der Waals surface area (Å²) in [5.74, 6) is -1.02. The van der Waals surface area contributed by atoms with Gasteiger partial charge in [0.15, 0.2) is 0 Å². The first kappa shape index (κ1) is 10.9. The number of hydrogen-bond acceptors (Lipinski definition) is 3. The fourth-order valence-electron chi connectivity index (χ4n) is 0.672. The predicted octanol–water partition coefficient (Wildman–Crippen LogP) is 0.660. The molecule has 0 radical (unpaired) electrons. The molecule has 0 aliphatic rings. The molecule has 0 aromatic carbocycles. The smallest absolute Gasteiger partial charge is 0.354 e. The van der Waals surface area contributed by atoms with Crippen LogP contribution >= 0.6 is 12.4 Å². The Balaban J connectivity index is 0.00000121. The topological polar surface area (TPSA) is 76.2 Å². The number of carboxylic acids is 1. The third kappa shape index (κ3) is 2.48. The fourth-order valence-corrected chi connectivity index (χ4v) is 0.672. The van der Waals surface area contributed by atoms with E-state index in [0.29, 0.717) is 6.54 Å². The van der Waals surface area contributed by atoms with Crippen LogP contribution in [0.1, 0.15) is 16.1 Å². The van der Waals surface area contributed by atoms with Crippen molar-refractivity contribution in [2.45, 2.75) is 6.54 Å². The van der Waals surface area contributed by atoms with E-state index >= 15 is 0 Å². The molecule has 0 bridgehead atoms. The van der Waals surface area contributed by atoms with Gasteiger partial charge >= 0.3 is 5.97 Å². The minimum Gasteiger partial charge on any atom is -0.477 e. The number of pyridine rings is 1. The van der Waals surface area contributed by atoms with Gasteiger partial charge in [0, 0.05) is 12.7 Å². The van der Waals surface area contributed by atoms with E-state index in [-0.39, 0.29) is 18.1 Å². The average Bonchev–Trinajstić information content (AvgIpc) is 2.05. The number of carbonyl (C=O) groups is 1. The van der Waals surface area contributed by atoms with Crippen LogP contribution < -0.4 is 5.73 Å². The van der Waals surface area contributed by atoms with E-state index in [0.717, 1.165) is 5.56 Å². The van der Waals surface area contributed by atoms with E-state index in [1.165, 1.54) is 12.3 Å². The Morgan fingerprint density at radius 1 is 1.58 bits per heavy atom. The van der Waals surface area contributed by atoms with E-state index in [1.807, 2.05) is 0 Å². The normalized spacial score (nSPS) is 8.75. The molecule has 0 aliphatic carbocycles. The average molecular weight is 189 g/mol. The molecule has 12 heavy (non-hydrogen) atoms. The van der Waals surface area contributed by atoms with Crippen molar-refractivity contribution < 1.29 is 9.90 Å². The van der Waals surface area contributed by atoms with E-state index in [1.54, 1.807) is 6.07 Å². The molecule has 3 N–H and O–H groups in total. The van der Waals surface area contributed by atoms with Gasteiger partial charge in [-0.05, 0) is 11.6 Å². The fraction of sp³-hybridized carbons (Fsp3) is 0.143. The third-order valence-corrected chi connectivity index (χ3v) is 1.28. The van der Waals surface area contributed by atoms with Crippen LogP contribution in [-0.2, 0) is 6.54 Å². The number of rotatable bonds is 2. The van der Waals surface area contributed by atoms with Crippen LogP contribution in [0, 0.1) is 0 Å². The highest BCUT2D eigenvalue weighted by molar-refractivity contribution is 5.85. The highest BCUT2D eigenvalue weighted by Crippen LogP contribution is 1.98. The van der Waals surface area contributed by atoms with E-state index in [2.05, 4.69) is 4.98 Å². The Bertz CT molecular complexity index is 261. The first-order chi connectivity index (χ1) is 5.24. The Morgan fingerprint density at radius 3 is 2.58 bits per heavy atom. The first-order valence-corrected chi connectivity index (χ1v) is 3.12. The molecule has 0 saturated carbocycles. The van der Waals surface area contributed by atoms with Crippen molar-refractivity contribution in [2.75, 3.05) is 0 Å². The Morgan fingerprint density at radius 2 is 2.25 bits per heavy atom. The Kier molecular flexibility index (Phi) is 4.25. The van der Waals surface area contributed by atoms with Gasteiger partial charge in [0.1, 0.15) is 5.69 Å². The molecule has 66 valence electrons. The zero-order valence-electron chi connectivity index (χ0n) is 6.23. The standard InChI is InChI=1S/C7H8N2O2.ClH/c8-3-5-1-2-6(7(10)11)9-4-5;/h1-2,4H,3,8H2,(H,10,11);1H. The molecule has 0 saturated heterocycles. The van der Waals surface area contributed by atoms with Gasteiger partial charge in [0.2, 0.25) is 0 Å². The summed E-state index contributed by atoms with van der Waals surface area (Å²) in [6.45, 7) is 0.382. The summed E-state index contributed by atoms with van der Waals surface area (Å²) in [5.41, 5.74) is 6.16. The molecule has 0 atom stereocenters. The highest BCUT2D eigenvalue weighted by Gasteiger charge is 2.01. The second-order valence-electron chi connectivity index (χ2n) is 2.06. The first-order valence-electron chi connectivity index (χ1n) is 3.12. The molecular weight excluding hydrogens is 180 g/mol. The number of nitrogens with two attached hydrogens (primary N) is 1. The summed E-state index contributed by atoms with van der Waals surface area (Å²) in [6, 6.07) is 3.08.